The Morgan fingerprint density at radius 1 is 1.39 bits per heavy atom. The molecule has 0 aliphatic heterocycles. The molecule has 0 saturated carbocycles. The maximum Gasteiger partial charge on any atom is 0.417 e. The fourth-order valence-corrected chi connectivity index (χ4v) is 1.38. The molecule has 0 saturated heterocycles. The van der Waals surface area contributed by atoms with E-state index in [4.69, 9.17) is 21.8 Å². The van der Waals surface area contributed by atoms with Gasteiger partial charge in [0.05, 0.1) is 16.3 Å². The lowest BCUT2D eigenvalue weighted by molar-refractivity contribution is -0.153. The van der Waals surface area contributed by atoms with Gasteiger partial charge in [0, 0.05) is 6.20 Å². The summed E-state index contributed by atoms with van der Waals surface area (Å²) in [7, 11) is 0. The highest BCUT2D eigenvalue weighted by atomic mass is 35.5. The maximum absolute atomic E-state index is 12.3. The molecular weight excluding hydrogens is 279 g/mol. The van der Waals surface area contributed by atoms with Crippen LogP contribution in [-0.4, -0.2) is 32.4 Å². The van der Waals surface area contributed by atoms with Crippen LogP contribution >= 0.6 is 11.6 Å². The highest BCUT2D eigenvalue weighted by Gasteiger charge is 2.33. The van der Waals surface area contributed by atoms with E-state index in [1.54, 1.807) is 0 Å². The molecule has 0 amide bonds. The molecule has 0 aliphatic carbocycles. The fraction of sp³-hybridized carbons (Fsp3) is 0.333. The van der Waals surface area contributed by atoms with Crippen LogP contribution in [0.1, 0.15) is 17.4 Å². The Bertz CT molecular complexity index is 466. The quantitative estimate of drug-likeness (QED) is 0.777. The van der Waals surface area contributed by atoms with Crippen molar-refractivity contribution in [3.05, 3.63) is 28.5 Å². The van der Waals surface area contributed by atoms with Gasteiger partial charge < -0.3 is 15.3 Å². The average Bonchev–Trinajstić information content (AvgIpc) is 2.25. The van der Waals surface area contributed by atoms with Gasteiger partial charge in [-0.2, -0.15) is 13.2 Å². The van der Waals surface area contributed by atoms with Crippen molar-refractivity contribution >= 4 is 17.6 Å². The van der Waals surface area contributed by atoms with Crippen LogP contribution in [0, 0.1) is 0 Å². The minimum Gasteiger partial charge on any atom is -0.479 e. The van der Waals surface area contributed by atoms with Crippen molar-refractivity contribution in [2.75, 3.05) is 0 Å². The molecule has 9 heteroatoms. The van der Waals surface area contributed by atoms with E-state index in [-0.39, 0.29) is 0 Å². The number of carboxylic acid groups (broad SMARTS) is 1. The van der Waals surface area contributed by atoms with Crippen molar-refractivity contribution in [2.45, 2.75) is 18.4 Å². The Morgan fingerprint density at radius 2 is 1.94 bits per heavy atom. The molecule has 2 unspecified atom stereocenters. The normalized spacial score (nSPS) is 15.2. The molecular formula is C9H7ClF3NO4. The van der Waals surface area contributed by atoms with E-state index in [1.165, 1.54) is 0 Å². The number of rotatable bonds is 3. The van der Waals surface area contributed by atoms with Crippen LogP contribution in [0.15, 0.2) is 12.3 Å². The average molecular weight is 286 g/mol. The van der Waals surface area contributed by atoms with E-state index >= 15 is 0 Å². The lowest BCUT2D eigenvalue weighted by atomic mass is 10.1. The van der Waals surface area contributed by atoms with Gasteiger partial charge in [-0.1, -0.05) is 11.6 Å². The highest BCUT2D eigenvalue weighted by Crippen LogP contribution is 2.32. The molecule has 1 heterocycles. The number of carbonyl (C=O) groups is 1. The SMILES string of the molecule is O=C(O)C(O)C(O)c1ncc(C(F)(F)F)cc1Cl. The van der Waals surface area contributed by atoms with Crippen LogP contribution in [0.2, 0.25) is 5.02 Å². The van der Waals surface area contributed by atoms with E-state index in [9.17, 15) is 23.1 Å². The van der Waals surface area contributed by atoms with Gasteiger partial charge in [0.15, 0.2) is 6.10 Å². The number of hydrogen-bond donors (Lipinski definition) is 3. The maximum atomic E-state index is 12.3. The summed E-state index contributed by atoms with van der Waals surface area (Å²) in [4.78, 5) is 13.6. The first kappa shape index (κ1) is 14.7. The number of aliphatic carboxylic acids is 1. The highest BCUT2D eigenvalue weighted by molar-refractivity contribution is 6.31. The fourth-order valence-electron chi connectivity index (χ4n) is 1.11. The minimum atomic E-state index is -4.66. The summed E-state index contributed by atoms with van der Waals surface area (Å²) in [6.45, 7) is 0. The van der Waals surface area contributed by atoms with Crippen molar-refractivity contribution in [1.29, 1.82) is 0 Å². The van der Waals surface area contributed by atoms with E-state index in [1.807, 2.05) is 0 Å². The number of aliphatic hydroxyl groups is 2. The van der Waals surface area contributed by atoms with Gasteiger partial charge in [0.2, 0.25) is 0 Å². The Labute approximate surface area is 103 Å². The summed E-state index contributed by atoms with van der Waals surface area (Å²) in [6.07, 6.45) is -8.52. The van der Waals surface area contributed by atoms with Gasteiger partial charge in [-0.3, -0.25) is 4.98 Å². The third-order valence-corrected chi connectivity index (χ3v) is 2.33. The summed E-state index contributed by atoms with van der Waals surface area (Å²) in [5.41, 5.74) is -1.69. The first-order valence-corrected chi connectivity index (χ1v) is 4.84. The molecule has 1 aromatic heterocycles. The lowest BCUT2D eigenvalue weighted by Gasteiger charge is -2.15. The van der Waals surface area contributed by atoms with Crippen LogP contribution in [0.25, 0.3) is 0 Å². The molecule has 3 N–H and O–H groups in total. The Hall–Kier alpha value is -1.38. The molecule has 0 aromatic carbocycles. The number of carboxylic acids is 1. The summed E-state index contributed by atoms with van der Waals surface area (Å²) < 4.78 is 36.8. The Balaban J connectivity index is 3.10. The predicted molar refractivity (Wildman–Crippen MR) is 52.9 cm³/mol. The van der Waals surface area contributed by atoms with E-state index in [0.717, 1.165) is 0 Å². The third kappa shape index (κ3) is 3.09. The van der Waals surface area contributed by atoms with Gasteiger partial charge >= 0.3 is 12.1 Å². The topological polar surface area (TPSA) is 90.7 Å². The molecule has 0 aliphatic rings. The zero-order valence-electron chi connectivity index (χ0n) is 8.52. The first-order chi connectivity index (χ1) is 8.14. The molecule has 1 rings (SSSR count). The van der Waals surface area contributed by atoms with Gasteiger partial charge in [0.1, 0.15) is 6.10 Å². The third-order valence-electron chi connectivity index (χ3n) is 2.03. The monoisotopic (exact) mass is 285 g/mol. The molecule has 0 bridgehead atoms. The van der Waals surface area contributed by atoms with Crippen molar-refractivity contribution in [2.24, 2.45) is 0 Å². The van der Waals surface area contributed by atoms with E-state index < -0.39 is 40.6 Å². The smallest absolute Gasteiger partial charge is 0.417 e. The second-order valence-electron chi connectivity index (χ2n) is 3.32. The van der Waals surface area contributed by atoms with E-state index in [2.05, 4.69) is 4.98 Å². The predicted octanol–water partition coefficient (Wildman–Crippen LogP) is 1.23. The number of aromatic nitrogens is 1. The summed E-state index contributed by atoms with van der Waals surface area (Å²) >= 11 is 5.45. The number of hydrogen-bond acceptors (Lipinski definition) is 4. The van der Waals surface area contributed by atoms with E-state index in [0.29, 0.717) is 12.3 Å². The van der Waals surface area contributed by atoms with Crippen LogP contribution in [0.5, 0.6) is 0 Å². The zero-order chi connectivity index (χ0) is 14.1. The van der Waals surface area contributed by atoms with Crippen LogP contribution in [0.3, 0.4) is 0 Å². The van der Waals surface area contributed by atoms with Crippen LogP contribution in [0.4, 0.5) is 13.2 Å². The number of halogens is 4. The molecule has 0 fully saturated rings. The van der Waals surface area contributed by atoms with Crippen molar-refractivity contribution in [1.82, 2.24) is 4.98 Å². The van der Waals surface area contributed by atoms with Crippen LogP contribution < -0.4 is 0 Å². The molecule has 2 atom stereocenters. The second-order valence-corrected chi connectivity index (χ2v) is 3.72. The number of alkyl halides is 3. The zero-order valence-corrected chi connectivity index (χ0v) is 9.27. The summed E-state index contributed by atoms with van der Waals surface area (Å²) in [5, 5.41) is 26.2. The molecule has 0 spiro atoms. The Morgan fingerprint density at radius 3 is 2.33 bits per heavy atom. The summed E-state index contributed by atoms with van der Waals surface area (Å²) in [6, 6.07) is 0.488. The van der Waals surface area contributed by atoms with Gasteiger partial charge in [-0.15, -0.1) is 0 Å². The molecule has 1 aromatic rings. The number of pyridine rings is 1. The molecule has 0 radical (unpaired) electrons. The largest absolute Gasteiger partial charge is 0.479 e. The van der Waals surface area contributed by atoms with Crippen molar-refractivity contribution < 1.29 is 33.3 Å². The number of aliphatic hydroxyl groups excluding tert-OH is 2. The lowest BCUT2D eigenvalue weighted by Crippen LogP contribution is -2.28. The Kier molecular flexibility index (Phi) is 4.15. The van der Waals surface area contributed by atoms with Gasteiger partial charge in [-0.25, -0.2) is 4.79 Å². The first-order valence-electron chi connectivity index (χ1n) is 4.46. The molecule has 100 valence electrons. The number of nitrogens with zero attached hydrogens (tertiary/aromatic N) is 1. The standard InChI is InChI=1S/C9H7ClF3NO4/c10-4-1-3(9(11,12)13)2-14-5(4)6(15)7(16)8(17)18/h1-2,6-7,15-16H,(H,17,18). The molecule has 18 heavy (non-hydrogen) atoms. The minimum absolute atomic E-state index is 0.388. The van der Waals surface area contributed by atoms with Gasteiger partial charge in [-0.05, 0) is 6.07 Å². The molecule has 5 nitrogen and oxygen atoms in total. The second kappa shape index (κ2) is 5.09. The van der Waals surface area contributed by atoms with Gasteiger partial charge in [0.25, 0.3) is 0 Å². The van der Waals surface area contributed by atoms with Crippen molar-refractivity contribution in [3.8, 4) is 0 Å². The van der Waals surface area contributed by atoms with Crippen LogP contribution in [-0.2, 0) is 11.0 Å². The van der Waals surface area contributed by atoms with Crippen molar-refractivity contribution in [3.63, 3.8) is 0 Å². The summed E-state index contributed by atoms with van der Waals surface area (Å²) in [5.74, 6) is -1.75.